The van der Waals surface area contributed by atoms with Gasteiger partial charge in [0.1, 0.15) is 5.76 Å². The maximum absolute atomic E-state index is 11.8. The molecule has 0 unspecified atom stereocenters. The summed E-state index contributed by atoms with van der Waals surface area (Å²) in [6.07, 6.45) is 5.33. The molecule has 1 aromatic rings. The van der Waals surface area contributed by atoms with Gasteiger partial charge in [-0.05, 0) is 26.2 Å². The second kappa shape index (κ2) is 7.24. The number of aryl methyl sites for hydroxylation is 1. The lowest BCUT2D eigenvalue weighted by molar-refractivity contribution is -0.153. The van der Waals surface area contributed by atoms with Gasteiger partial charge in [0.15, 0.2) is 11.9 Å². The third-order valence-corrected chi connectivity index (χ3v) is 3.79. The van der Waals surface area contributed by atoms with Crippen LogP contribution in [0.25, 0.3) is 0 Å². The Morgan fingerprint density at radius 2 is 2.19 bits per heavy atom. The highest BCUT2D eigenvalue weighted by Crippen LogP contribution is 2.28. The second-order valence-corrected chi connectivity index (χ2v) is 5.63. The van der Waals surface area contributed by atoms with Gasteiger partial charge >= 0.3 is 5.97 Å². The van der Waals surface area contributed by atoms with Crippen LogP contribution in [-0.2, 0) is 14.3 Å². The summed E-state index contributed by atoms with van der Waals surface area (Å²) in [6.45, 7) is 3.28. The Morgan fingerprint density at radius 1 is 1.48 bits per heavy atom. The van der Waals surface area contributed by atoms with Crippen molar-refractivity contribution in [2.75, 3.05) is 5.32 Å². The highest BCUT2D eigenvalue weighted by Gasteiger charge is 2.21. The first kappa shape index (κ1) is 15.5. The van der Waals surface area contributed by atoms with Gasteiger partial charge in [-0.25, -0.2) is 0 Å². The molecule has 1 amide bonds. The summed E-state index contributed by atoms with van der Waals surface area (Å²) in [5.41, 5.74) is 0. The van der Waals surface area contributed by atoms with Gasteiger partial charge in [-0.1, -0.05) is 30.8 Å². The van der Waals surface area contributed by atoms with Crippen LogP contribution in [0, 0.1) is 12.8 Å². The van der Waals surface area contributed by atoms with Crippen LogP contribution in [0.15, 0.2) is 10.6 Å². The lowest BCUT2D eigenvalue weighted by Gasteiger charge is -2.13. The molecule has 0 radical (unpaired) electrons. The number of nitrogens with zero attached hydrogens (tertiary/aromatic N) is 1. The Hall–Kier alpha value is -1.85. The number of ether oxygens (including phenoxy) is 1. The highest BCUT2D eigenvalue weighted by atomic mass is 16.5. The van der Waals surface area contributed by atoms with Crippen molar-refractivity contribution in [3.8, 4) is 0 Å². The quantitative estimate of drug-likeness (QED) is 0.816. The number of rotatable bonds is 6. The van der Waals surface area contributed by atoms with E-state index < -0.39 is 12.0 Å². The molecule has 116 valence electrons. The van der Waals surface area contributed by atoms with Crippen LogP contribution in [0.2, 0.25) is 0 Å². The molecule has 1 aliphatic rings. The number of aromatic nitrogens is 1. The van der Waals surface area contributed by atoms with Gasteiger partial charge in [-0.3, -0.25) is 9.59 Å². The van der Waals surface area contributed by atoms with Crippen LogP contribution in [0.3, 0.4) is 0 Å². The molecule has 1 aliphatic carbocycles. The number of anilines is 1. The van der Waals surface area contributed by atoms with E-state index in [4.69, 9.17) is 9.26 Å². The molecule has 1 heterocycles. The molecule has 0 spiro atoms. The topological polar surface area (TPSA) is 81.4 Å². The van der Waals surface area contributed by atoms with Crippen molar-refractivity contribution in [3.05, 3.63) is 11.8 Å². The van der Waals surface area contributed by atoms with Crippen LogP contribution < -0.4 is 5.32 Å². The Kier molecular flexibility index (Phi) is 5.36. The monoisotopic (exact) mass is 294 g/mol. The van der Waals surface area contributed by atoms with Crippen LogP contribution in [0.1, 0.15) is 51.2 Å². The molecule has 6 nitrogen and oxygen atoms in total. The predicted octanol–water partition coefficient (Wildman–Crippen LogP) is 2.82. The summed E-state index contributed by atoms with van der Waals surface area (Å²) in [7, 11) is 0. The van der Waals surface area contributed by atoms with Gasteiger partial charge < -0.3 is 14.6 Å². The fourth-order valence-electron chi connectivity index (χ4n) is 2.58. The minimum absolute atomic E-state index is 0.319. The molecule has 0 saturated heterocycles. The number of esters is 1. The normalized spacial score (nSPS) is 16.7. The van der Waals surface area contributed by atoms with E-state index in [1.54, 1.807) is 19.9 Å². The van der Waals surface area contributed by atoms with Crippen molar-refractivity contribution < 1.29 is 18.8 Å². The fourth-order valence-corrected chi connectivity index (χ4v) is 2.58. The van der Waals surface area contributed by atoms with Gasteiger partial charge in [-0.15, -0.1) is 0 Å². The van der Waals surface area contributed by atoms with E-state index >= 15 is 0 Å². The molecule has 2 rings (SSSR count). The molecule has 0 aliphatic heterocycles. The Balaban J connectivity index is 1.70. The minimum Gasteiger partial charge on any atom is -0.453 e. The first-order chi connectivity index (χ1) is 10.0. The van der Waals surface area contributed by atoms with Crippen molar-refractivity contribution in [2.24, 2.45) is 5.92 Å². The molecule has 0 bridgehead atoms. The molecule has 0 aromatic carbocycles. The molecule has 21 heavy (non-hydrogen) atoms. The zero-order chi connectivity index (χ0) is 15.2. The molecule has 1 fully saturated rings. The molecule has 1 saturated carbocycles. The van der Waals surface area contributed by atoms with E-state index in [1.165, 1.54) is 25.7 Å². The lowest BCUT2D eigenvalue weighted by Crippen LogP contribution is -2.30. The number of hydrogen-bond acceptors (Lipinski definition) is 5. The summed E-state index contributed by atoms with van der Waals surface area (Å²) in [5, 5.41) is 6.20. The first-order valence-corrected chi connectivity index (χ1v) is 7.48. The van der Waals surface area contributed by atoms with E-state index in [9.17, 15) is 9.59 Å². The summed E-state index contributed by atoms with van der Waals surface area (Å²) in [5.74, 6) is 0.844. The average Bonchev–Trinajstić information content (AvgIpc) is 3.08. The van der Waals surface area contributed by atoms with Crippen molar-refractivity contribution >= 4 is 17.7 Å². The molecule has 1 atom stereocenters. The van der Waals surface area contributed by atoms with Crippen LogP contribution in [0.5, 0.6) is 0 Å². The Bertz CT molecular complexity index is 492. The SMILES string of the molecule is Cc1cc(NC(=O)[C@@H](C)OC(=O)CCC2CCCC2)no1. The highest BCUT2D eigenvalue weighted by molar-refractivity contribution is 5.94. The molecular weight excluding hydrogens is 272 g/mol. The smallest absolute Gasteiger partial charge is 0.306 e. The van der Waals surface area contributed by atoms with E-state index in [1.807, 2.05) is 0 Å². The average molecular weight is 294 g/mol. The van der Waals surface area contributed by atoms with Gasteiger partial charge in [0.25, 0.3) is 5.91 Å². The number of nitrogens with one attached hydrogen (secondary N) is 1. The van der Waals surface area contributed by atoms with Gasteiger partial charge in [0, 0.05) is 12.5 Å². The van der Waals surface area contributed by atoms with E-state index in [-0.39, 0.29) is 5.97 Å². The van der Waals surface area contributed by atoms with E-state index in [0.29, 0.717) is 23.9 Å². The summed E-state index contributed by atoms with van der Waals surface area (Å²) in [6, 6.07) is 1.60. The lowest BCUT2D eigenvalue weighted by atomic mass is 10.0. The predicted molar refractivity (Wildman–Crippen MR) is 76.6 cm³/mol. The van der Waals surface area contributed by atoms with E-state index in [0.717, 1.165) is 6.42 Å². The maximum Gasteiger partial charge on any atom is 0.306 e. The molecular formula is C15H22N2O4. The largest absolute Gasteiger partial charge is 0.453 e. The Labute approximate surface area is 124 Å². The van der Waals surface area contributed by atoms with Crippen molar-refractivity contribution in [3.63, 3.8) is 0 Å². The van der Waals surface area contributed by atoms with Crippen molar-refractivity contribution in [1.29, 1.82) is 0 Å². The molecule has 1 aromatic heterocycles. The Morgan fingerprint density at radius 3 is 2.81 bits per heavy atom. The molecule has 1 N–H and O–H groups in total. The first-order valence-electron chi connectivity index (χ1n) is 7.48. The number of amides is 1. The zero-order valence-electron chi connectivity index (χ0n) is 12.6. The summed E-state index contributed by atoms with van der Waals surface area (Å²) >= 11 is 0. The summed E-state index contributed by atoms with van der Waals surface area (Å²) < 4.78 is 9.99. The van der Waals surface area contributed by atoms with Crippen LogP contribution in [0.4, 0.5) is 5.82 Å². The number of hydrogen-bond donors (Lipinski definition) is 1. The fraction of sp³-hybridized carbons (Fsp3) is 0.667. The van der Waals surface area contributed by atoms with Gasteiger partial charge in [-0.2, -0.15) is 0 Å². The van der Waals surface area contributed by atoms with Crippen LogP contribution >= 0.6 is 0 Å². The maximum atomic E-state index is 11.8. The van der Waals surface area contributed by atoms with Crippen molar-refractivity contribution in [2.45, 2.75) is 58.5 Å². The third-order valence-electron chi connectivity index (χ3n) is 3.79. The molecule has 6 heteroatoms. The third kappa shape index (κ3) is 4.88. The minimum atomic E-state index is -0.835. The van der Waals surface area contributed by atoms with E-state index in [2.05, 4.69) is 10.5 Å². The summed E-state index contributed by atoms with van der Waals surface area (Å²) in [4.78, 5) is 23.6. The number of carbonyl (C=O) groups excluding carboxylic acids is 2. The van der Waals surface area contributed by atoms with Crippen LogP contribution in [-0.4, -0.2) is 23.1 Å². The standard InChI is InChI=1S/C15H22N2O4/c1-10-9-13(17-21-10)16-15(19)11(2)20-14(18)8-7-12-5-3-4-6-12/h9,11-12H,3-8H2,1-2H3,(H,16,17,19)/t11-/m1/s1. The second-order valence-electron chi connectivity index (χ2n) is 5.63. The zero-order valence-corrected chi connectivity index (χ0v) is 12.6. The number of carbonyl (C=O) groups is 2. The van der Waals surface area contributed by atoms with Gasteiger partial charge in [0.2, 0.25) is 0 Å². The van der Waals surface area contributed by atoms with Gasteiger partial charge in [0.05, 0.1) is 0 Å². The van der Waals surface area contributed by atoms with Crippen molar-refractivity contribution in [1.82, 2.24) is 5.16 Å².